The Morgan fingerprint density at radius 3 is 2.56 bits per heavy atom. The van der Waals surface area contributed by atoms with Crippen molar-refractivity contribution in [3.8, 4) is 0 Å². The summed E-state index contributed by atoms with van der Waals surface area (Å²) in [7, 11) is 0. The second kappa shape index (κ2) is 2.09. The Morgan fingerprint density at radius 1 is 1.44 bits per heavy atom. The molecule has 0 heterocycles. The van der Waals surface area contributed by atoms with Crippen LogP contribution in [0.5, 0.6) is 0 Å². The fraction of sp³-hybridized carbons (Fsp3) is 0.125. The van der Waals surface area contributed by atoms with Gasteiger partial charge in [-0.05, 0) is 31.0 Å². The lowest BCUT2D eigenvalue weighted by atomic mass is 10.1. The molecule has 0 fully saturated rings. The summed E-state index contributed by atoms with van der Waals surface area (Å²) in [6, 6.07) is 5.84. The Bertz CT molecular complexity index is 216. The lowest BCUT2D eigenvalue weighted by molar-refractivity contribution is 1.45. The number of hydrogen-bond donors (Lipinski definition) is 1. The molecule has 0 aromatic heterocycles. The summed E-state index contributed by atoms with van der Waals surface area (Å²) in [5.74, 6) is 0. The molecule has 1 rings (SSSR count). The van der Waals surface area contributed by atoms with E-state index < -0.39 is 0 Å². The molecule has 0 aliphatic rings. The Morgan fingerprint density at radius 2 is 2.11 bits per heavy atom. The van der Waals surface area contributed by atoms with Crippen molar-refractivity contribution >= 4 is 5.69 Å². The number of nitrogen functional groups attached to an aromatic ring is 1. The first-order valence-electron chi connectivity index (χ1n) is 2.88. The fourth-order valence-electron chi connectivity index (χ4n) is 0.714. The Balaban J connectivity index is 3.17. The van der Waals surface area contributed by atoms with E-state index in [0.29, 0.717) is 0 Å². The molecule has 1 aromatic rings. The SMILES string of the molecule is [CH2]c1ccc(C)cc1N. The van der Waals surface area contributed by atoms with E-state index in [1.54, 1.807) is 0 Å². The molecular formula is C8H10N. The van der Waals surface area contributed by atoms with Gasteiger partial charge in [0, 0.05) is 5.69 Å². The average molecular weight is 120 g/mol. The molecule has 2 N–H and O–H groups in total. The van der Waals surface area contributed by atoms with Crippen LogP contribution in [-0.2, 0) is 0 Å². The van der Waals surface area contributed by atoms with Gasteiger partial charge in [0.1, 0.15) is 0 Å². The van der Waals surface area contributed by atoms with Crippen LogP contribution in [0.4, 0.5) is 5.69 Å². The topological polar surface area (TPSA) is 26.0 Å². The first-order valence-corrected chi connectivity index (χ1v) is 2.88. The molecule has 0 bridgehead atoms. The molecule has 47 valence electrons. The smallest absolute Gasteiger partial charge is 0.0349 e. The van der Waals surface area contributed by atoms with Crippen LogP contribution in [0.3, 0.4) is 0 Å². The van der Waals surface area contributed by atoms with E-state index in [-0.39, 0.29) is 0 Å². The van der Waals surface area contributed by atoms with Crippen molar-refractivity contribution in [3.63, 3.8) is 0 Å². The summed E-state index contributed by atoms with van der Waals surface area (Å²) in [4.78, 5) is 0. The van der Waals surface area contributed by atoms with Gasteiger partial charge in [-0.25, -0.2) is 0 Å². The Kier molecular flexibility index (Phi) is 1.43. The van der Waals surface area contributed by atoms with Gasteiger partial charge in [-0.15, -0.1) is 0 Å². The highest BCUT2D eigenvalue weighted by Crippen LogP contribution is 2.10. The molecule has 0 unspecified atom stereocenters. The van der Waals surface area contributed by atoms with Crippen LogP contribution in [0, 0.1) is 13.8 Å². The fourth-order valence-corrected chi connectivity index (χ4v) is 0.714. The minimum atomic E-state index is 0.773. The summed E-state index contributed by atoms with van der Waals surface area (Å²) in [5, 5.41) is 0. The maximum atomic E-state index is 5.56. The van der Waals surface area contributed by atoms with Gasteiger partial charge < -0.3 is 5.73 Å². The lowest BCUT2D eigenvalue weighted by Gasteiger charge is -1.98. The number of nitrogens with two attached hydrogens (primary N) is 1. The van der Waals surface area contributed by atoms with E-state index >= 15 is 0 Å². The van der Waals surface area contributed by atoms with Gasteiger partial charge in [0.2, 0.25) is 0 Å². The minimum absolute atomic E-state index is 0.773. The normalized spacial score (nSPS) is 9.56. The maximum absolute atomic E-state index is 5.56. The Labute approximate surface area is 55.5 Å². The molecule has 9 heavy (non-hydrogen) atoms. The zero-order valence-corrected chi connectivity index (χ0v) is 5.52. The van der Waals surface area contributed by atoms with Crippen molar-refractivity contribution in [2.75, 3.05) is 5.73 Å². The predicted molar refractivity (Wildman–Crippen MR) is 40.1 cm³/mol. The molecule has 0 saturated carbocycles. The predicted octanol–water partition coefficient (Wildman–Crippen LogP) is 1.76. The zero-order valence-electron chi connectivity index (χ0n) is 5.52. The van der Waals surface area contributed by atoms with E-state index in [4.69, 9.17) is 5.73 Å². The standard InChI is InChI=1S/C8H10N/c1-6-3-4-7(2)8(9)5-6/h3-5H,2,9H2,1H3. The van der Waals surface area contributed by atoms with Gasteiger partial charge >= 0.3 is 0 Å². The van der Waals surface area contributed by atoms with E-state index in [1.165, 1.54) is 5.56 Å². The van der Waals surface area contributed by atoms with E-state index in [2.05, 4.69) is 6.92 Å². The number of aryl methyl sites for hydroxylation is 1. The van der Waals surface area contributed by atoms with Crippen molar-refractivity contribution < 1.29 is 0 Å². The molecule has 0 spiro atoms. The quantitative estimate of drug-likeness (QED) is 0.519. The van der Waals surface area contributed by atoms with Crippen molar-refractivity contribution in [2.24, 2.45) is 0 Å². The molecule has 1 radical (unpaired) electrons. The number of hydrogen-bond acceptors (Lipinski definition) is 1. The van der Waals surface area contributed by atoms with Crippen LogP contribution in [0.2, 0.25) is 0 Å². The molecule has 1 nitrogen and oxygen atoms in total. The number of benzene rings is 1. The third kappa shape index (κ3) is 1.22. The highest BCUT2D eigenvalue weighted by Gasteiger charge is 1.89. The molecule has 0 atom stereocenters. The van der Waals surface area contributed by atoms with Gasteiger partial charge in [0.25, 0.3) is 0 Å². The molecular weight excluding hydrogens is 110 g/mol. The first kappa shape index (κ1) is 6.14. The lowest BCUT2D eigenvalue weighted by Crippen LogP contribution is -1.88. The molecule has 0 amide bonds. The molecule has 0 saturated heterocycles. The van der Waals surface area contributed by atoms with Gasteiger partial charge in [-0.2, -0.15) is 0 Å². The molecule has 1 heteroatoms. The second-order valence-corrected chi connectivity index (χ2v) is 2.20. The van der Waals surface area contributed by atoms with Gasteiger partial charge in [-0.3, -0.25) is 0 Å². The van der Waals surface area contributed by atoms with Crippen molar-refractivity contribution in [2.45, 2.75) is 6.92 Å². The van der Waals surface area contributed by atoms with Gasteiger partial charge in [-0.1, -0.05) is 12.1 Å². The van der Waals surface area contributed by atoms with Gasteiger partial charge in [0.15, 0.2) is 0 Å². The first-order chi connectivity index (χ1) is 4.20. The highest BCUT2D eigenvalue weighted by molar-refractivity contribution is 5.50. The number of rotatable bonds is 0. The summed E-state index contributed by atoms with van der Waals surface area (Å²) in [6.07, 6.45) is 0. The van der Waals surface area contributed by atoms with Crippen LogP contribution in [0.1, 0.15) is 11.1 Å². The van der Waals surface area contributed by atoms with Crippen molar-refractivity contribution in [1.82, 2.24) is 0 Å². The monoisotopic (exact) mass is 120 g/mol. The summed E-state index contributed by atoms with van der Waals surface area (Å²) in [5.41, 5.74) is 8.42. The number of anilines is 1. The summed E-state index contributed by atoms with van der Waals surface area (Å²) < 4.78 is 0. The van der Waals surface area contributed by atoms with Crippen LogP contribution < -0.4 is 5.73 Å². The van der Waals surface area contributed by atoms with Crippen molar-refractivity contribution in [1.29, 1.82) is 0 Å². The molecule has 0 aliphatic carbocycles. The Hall–Kier alpha value is -0.980. The van der Waals surface area contributed by atoms with Crippen LogP contribution in [0.15, 0.2) is 18.2 Å². The highest BCUT2D eigenvalue weighted by atomic mass is 14.5. The van der Waals surface area contributed by atoms with E-state index in [9.17, 15) is 0 Å². The van der Waals surface area contributed by atoms with Crippen LogP contribution in [-0.4, -0.2) is 0 Å². The minimum Gasteiger partial charge on any atom is -0.398 e. The maximum Gasteiger partial charge on any atom is 0.0349 e. The van der Waals surface area contributed by atoms with Crippen LogP contribution in [0.25, 0.3) is 0 Å². The largest absolute Gasteiger partial charge is 0.398 e. The van der Waals surface area contributed by atoms with Gasteiger partial charge in [0.05, 0.1) is 0 Å². The van der Waals surface area contributed by atoms with Crippen LogP contribution >= 0.6 is 0 Å². The summed E-state index contributed by atoms with van der Waals surface area (Å²) >= 11 is 0. The third-order valence-electron chi connectivity index (χ3n) is 1.30. The summed E-state index contributed by atoms with van der Waals surface area (Å²) in [6.45, 7) is 5.75. The molecule has 1 aromatic carbocycles. The van der Waals surface area contributed by atoms with Crippen molar-refractivity contribution in [3.05, 3.63) is 36.2 Å². The van der Waals surface area contributed by atoms with E-state index in [1.807, 2.05) is 25.1 Å². The average Bonchev–Trinajstić information content (AvgIpc) is 1.80. The zero-order chi connectivity index (χ0) is 6.85. The third-order valence-corrected chi connectivity index (χ3v) is 1.30. The molecule has 0 aliphatic heterocycles. The van der Waals surface area contributed by atoms with E-state index in [0.717, 1.165) is 11.3 Å². The second-order valence-electron chi connectivity index (χ2n) is 2.20.